The number of aryl methyl sites for hydroxylation is 1. The summed E-state index contributed by atoms with van der Waals surface area (Å²) in [5.74, 6) is 0.375. The number of H-pyrrole nitrogens is 1. The number of aromatic nitrogens is 3. The molecule has 0 unspecified atom stereocenters. The molecule has 1 aliphatic rings. The molecule has 0 saturated heterocycles. The zero-order valence-electron chi connectivity index (χ0n) is 12.6. The Hall–Kier alpha value is -2.40. The van der Waals surface area contributed by atoms with Crippen LogP contribution in [0.25, 0.3) is 10.9 Å². The minimum absolute atomic E-state index is 0.375. The highest BCUT2D eigenvalue weighted by molar-refractivity contribution is 5.84. The number of nitrogen functional groups attached to an aromatic ring is 1. The largest absolute Gasteiger partial charge is 0.368 e. The third kappa shape index (κ3) is 2.23. The molecule has 0 amide bonds. The number of nitrogens with two attached hydrogens (primary N) is 1. The van der Waals surface area contributed by atoms with Crippen LogP contribution in [0.5, 0.6) is 0 Å². The number of para-hydroxylation sites is 1. The van der Waals surface area contributed by atoms with Gasteiger partial charge in [-0.3, -0.25) is 4.90 Å². The van der Waals surface area contributed by atoms with Gasteiger partial charge in [0.1, 0.15) is 0 Å². The average molecular weight is 293 g/mol. The highest BCUT2D eigenvalue weighted by atomic mass is 15.1. The highest BCUT2D eigenvalue weighted by Crippen LogP contribution is 2.25. The zero-order chi connectivity index (χ0) is 15.1. The molecule has 0 fully saturated rings. The van der Waals surface area contributed by atoms with Crippen molar-refractivity contribution in [2.24, 2.45) is 0 Å². The van der Waals surface area contributed by atoms with E-state index < -0.39 is 0 Å². The third-order valence-corrected chi connectivity index (χ3v) is 4.44. The molecule has 0 spiro atoms. The first-order valence-corrected chi connectivity index (χ1v) is 7.59. The van der Waals surface area contributed by atoms with Gasteiger partial charge in [0, 0.05) is 54.4 Å². The Kier molecular flexibility index (Phi) is 3.08. The molecule has 1 aliphatic heterocycles. The van der Waals surface area contributed by atoms with Crippen molar-refractivity contribution in [2.45, 2.75) is 26.4 Å². The summed E-state index contributed by atoms with van der Waals surface area (Å²) < 4.78 is 0. The van der Waals surface area contributed by atoms with Gasteiger partial charge in [0.15, 0.2) is 0 Å². The van der Waals surface area contributed by atoms with E-state index in [1.807, 2.05) is 6.20 Å². The molecule has 0 atom stereocenters. The molecule has 0 radical (unpaired) electrons. The number of nitrogens with one attached hydrogen (secondary N) is 1. The summed E-state index contributed by atoms with van der Waals surface area (Å²) in [5, 5.41) is 1.32. The van der Waals surface area contributed by atoms with E-state index in [1.165, 1.54) is 27.7 Å². The van der Waals surface area contributed by atoms with Crippen LogP contribution < -0.4 is 5.73 Å². The number of hydrogen-bond acceptors (Lipinski definition) is 4. The molecule has 0 bridgehead atoms. The summed E-state index contributed by atoms with van der Waals surface area (Å²) in [7, 11) is 0. The van der Waals surface area contributed by atoms with Gasteiger partial charge in [0.25, 0.3) is 0 Å². The maximum absolute atomic E-state index is 5.67. The number of hydrogen-bond donors (Lipinski definition) is 2. The van der Waals surface area contributed by atoms with E-state index >= 15 is 0 Å². The number of anilines is 1. The molecule has 0 saturated carbocycles. The molecule has 112 valence electrons. The van der Waals surface area contributed by atoms with Crippen LogP contribution in [0.4, 0.5) is 5.95 Å². The van der Waals surface area contributed by atoms with Crippen molar-refractivity contribution in [3.63, 3.8) is 0 Å². The molecular formula is C17H19N5. The van der Waals surface area contributed by atoms with Crippen LogP contribution in [0.3, 0.4) is 0 Å². The molecule has 0 aliphatic carbocycles. The molecule has 5 heteroatoms. The van der Waals surface area contributed by atoms with E-state index in [9.17, 15) is 0 Å². The molecule has 2 aromatic heterocycles. The Morgan fingerprint density at radius 1 is 1.32 bits per heavy atom. The van der Waals surface area contributed by atoms with Crippen LogP contribution in [-0.2, 0) is 19.5 Å². The maximum Gasteiger partial charge on any atom is 0.220 e. The standard InChI is InChI=1S/C17H19N5/c1-11-14(13-4-2-3-5-16(13)20-11)10-22-7-6-15-12(9-22)8-19-17(18)21-15/h2-5,8,20H,6-7,9-10H2,1H3,(H2,18,19,21). The second-order valence-electron chi connectivity index (χ2n) is 5.93. The smallest absolute Gasteiger partial charge is 0.220 e. The fraction of sp³-hybridized carbons (Fsp3) is 0.294. The van der Waals surface area contributed by atoms with Crippen molar-refractivity contribution in [3.8, 4) is 0 Å². The summed E-state index contributed by atoms with van der Waals surface area (Å²) in [6, 6.07) is 8.49. The molecule has 1 aromatic carbocycles. The van der Waals surface area contributed by atoms with Gasteiger partial charge >= 0.3 is 0 Å². The summed E-state index contributed by atoms with van der Waals surface area (Å²) in [5.41, 5.74) is 11.8. The molecule has 5 nitrogen and oxygen atoms in total. The van der Waals surface area contributed by atoms with E-state index in [0.717, 1.165) is 31.7 Å². The number of aromatic amines is 1. The summed E-state index contributed by atoms with van der Waals surface area (Å²) in [6.07, 6.45) is 2.80. The van der Waals surface area contributed by atoms with Crippen molar-refractivity contribution in [1.82, 2.24) is 19.9 Å². The number of nitrogens with zero attached hydrogens (tertiary/aromatic N) is 3. The van der Waals surface area contributed by atoms with Gasteiger partial charge in [-0.15, -0.1) is 0 Å². The van der Waals surface area contributed by atoms with E-state index in [0.29, 0.717) is 5.95 Å². The van der Waals surface area contributed by atoms with E-state index in [4.69, 9.17) is 5.73 Å². The Morgan fingerprint density at radius 2 is 2.18 bits per heavy atom. The van der Waals surface area contributed by atoms with Crippen LogP contribution in [0.15, 0.2) is 30.5 Å². The van der Waals surface area contributed by atoms with E-state index in [-0.39, 0.29) is 0 Å². The SMILES string of the molecule is Cc1[nH]c2ccccc2c1CN1CCc2nc(N)ncc2C1. The van der Waals surface area contributed by atoms with Crippen LogP contribution >= 0.6 is 0 Å². The lowest BCUT2D eigenvalue weighted by Crippen LogP contribution is -2.31. The molecular weight excluding hydrogens is 274 g/mol. The first-order chi connectivity index (χ1) is 10.7. The predicted octanol–water partition coefficient (Wildman–Crippen LogP) is 2.41. The van der Waals surface area contributed by atoms with Crippen LogP contribution in [0.2, 0.25) is 0 Å². The summed E-state index contributed by atoms with van der Waals surface area (Å²) in [6.45, 7) is 4.98. The lowest BCUT2D eigenvalue weighted by molar-refractivity contribution is 0.243. The first-order valence-electron chi connectivity index (χ1n) is 7.59. The summed E-state index contributed by atoms with van der Waals surface area (Å²) in [4.78, 5) is 14.4. The molecule has 3 aromatic rings. The molecule has 22 heavy (non-hydrogen) atoms. The number of fused-ring (bicyclic) bond motifs is 2. The van der Waals surface area contributed by atoms with Crippen LogP contribution in [0.1, 0.15) is 22.5 Å². The number of rotatable bonds is 2. The molecule has 3 N–H and O–H groups in total. The van der Waals surface area contributed by atoms with Gasteiger partial charge in [-0.05, 0) is 18.6 Å². The normalized spacial score (nSPS) is 15.1. The fourth-order valence-corrected chi connectivity index (χ4v) is 3.29. The lowest BCUT2D eigenvalue weighted by atomic mass is 10.1. The average Bonchev–Trinajstić information content (AvgIpc) is 2.83. The topological polar surface area (TPSA) is 70.8 Å². The predicted molar refractivity (Wildman–Crippen MR) is 87.3 cm³/mol. The number of benzene rings is 1. The van der Waals surface area contributed by atoms with Gasteiger partial charge in [0.2, 0.25) is 5.95 Å². The Balaban J connectivity index is 1.61. The first kappa shape index (κ1) is 13.3. The monoisotopic (exact) mass is 293 g/mol. The second kappa shape index (κ2) is 5.10. The minimum atomic E-state index is 0.375. The molecule has 4 rings (SSSR count). The fourth-order valence-electron chi connectivity index (χ4n) is 3.29. The Morgan fingerprint density at radius 3 is 3.09 bits per heavy atom. The molecule has 3 heterocycles. The van der Waals surface area contributed by atoms with Crippen molar-refractivity contribution in [2.75, 3.05) is 12.3 Å². The van der Waals surface area contributed by atoms with Crippen molar-refractivity contribution >= 4 is 16.9 Å². The van der Waals surface area contributed by atoms with Gasteiger partial charge in [-0.2, -0.15) is 0 Å². The van der Waals surface area contributed by atoms with Crippen LogP contribution in [0, 0.1) is 6.92 Å². The van der Waals surface area contributed by atoms with E-state index in [2.05, 4.69) is 51.0 Å². The third-order valence-electron chi connectivity index (χ3n) is 4.44. The maximum atomic E-state index is 5.67. The summed E-state index contributed by atoms with van der Waals surface area (Å²) >= 11 is 0. The van der Waals surface area contributed by atoms with Gasteiger partial charge in [-0.1, -0.05) is 18.2 Å². The van der Waals surface area contributed by atoms with Crippen LogP contribution in [-0.4, -0.2) is 26.4 Å². The van der Waals surface area contributed by atoms with Gasteiger partial charge < -0.3 is 10.7 Å². The minimum Gasteiger partial charge on any atom is -0.368 e. The zero-order valence-corrected chi connectivity index (χ0v) is 12.6. The highest BCUT2D eigenvalue weighted by Gasteiger charge is 2.20. The second-order valence-corrected chi connectivity index (χ2v) is 5.93. The van der Waals surface area contributed by atoms with Crippen molar-refractivity contribution < 1.29 is 0 Å². The van der Waals surface area contributed by atoms with Gasteiger partial charge in [-0.25, -0.2) is 9.97 Å². The lowest BCUT2D eigenvalue weighted by Gasteiger charge is -2.28. The Labute approximate surface area is 129 Å². The van der Waals surface area contributed by atoms with Crippen molar-refractivity contribution in [3.05, 3.63) is 53.0 Å². The van der Waals surface area contributed by atoms with E-state index in [1.54, 1.807) is 0 Å². The Bertz CT molecular complexity index is 836. The van der Waals surface area contributed by atoms with Gasteiger partial charge in [0.05, 0.1) is 5.69 Å². The quantitative estimate of drug-likeness (QED) is 0.761. The van der Waals surface area contributed by atoms with Crippen molar-refractivity contribution in [1.29, 1.82) is 0 Å².